The van der Waals surface area contributed by atoms with Crippen LogP contribution < -0.4 is 0 Å². The lowest BCUT2D eigenvalue weighted by Crippen LogP contribution is -2.20. The molecule has 0 spiro atoms. The lowest BCUT2D eigenvalue weighted by molar-refractivity contribution is -0.152. The molecular weight excluding hydrogens is 254 g/mol. The second kappa shape index (κ2) is 5.69. The van der Waals surface area contributed by atoms with Crippen LogP contribution in [0.25, 0.3) is 0 Å². The molecule has 7 heteroatoms. The van der Waals surface area contributed by atoms with Crippen molar-refractivity contribution < 1.29 is 17.7 Å². The van der Waals surface area contributed by atoms with Crippen LogP contribution in [-0.4, -0.2) is 33.3 Å². The summed E-state index contributed by atoms with van der Waals surface area (Å²) >= 11 is 0. The van der Waals surface area contributed by atoms with Gasteiger partial charge in [-0.25, -0.2) is 0 Å². The van der Waals surface area contributed by atoms with E-state index in [4.69, 9.17) is 4.52 Å². The number of rotatable bonds is 5. The molecule has 0 aromatic carbocycles. The molecule has 16 heavy (non-hydrogen) atoms. The fourth-order valence-corrected chi connectivity index (χ4v) is 8.25. The highest BCUT2D eigenvalue weighted by atomic mass is 31.2. The van der Waals surface area contributed by atoms with Crippen LogP contribution in [0.15, 0.2) is 4.41 Å². The number of alkyl halides is 3. The summed E-state index contributed by atoms with van der Waals surface area (Å²) in [6.07, 6.45) is -3.09. The lowest BCUT2D eigenvalue weighted by Gasteiger charge is -2.27. The number of nitrogens with zero attached hydrogens (tertiary/aromatic N) is 1. The normalized spacial score (nSPS) is 14.0. The molecule has 0 atom stereocenters. The van der Waals surface area contributed by atoms with E-state index in [-0.39, 0.29) is 0 Å². The van der Waals surface area contributed by atoms with Gasteiger partial charge in [0.2, 0.25) is 0 Å². The Balaban J connectivity index is 4.91. The van der Waals surface area contributed by atoms with Gasteiger partial charge in [-0.05, 0) is 19.6 Å². The first-order chi connectivity index (χ1) is 7.04. The highest BCUT2D eigenvalue weighted by Crippen LogP contribution is 2.52. The fraction of sp³-hybridized carbons (Fsp3) is 1.00. The number of hydrogen-bond acceptors (Lipinski definition) is 2. The molecule has 0 aliphatic carbocycles. The molecule has 0 saturated heterocycles. The number of halogens is 3. The molecule has 0 radical (unpaired) electrons. The molecule has 0 bridgehead atoms. The van der Waals surface area contributed by atoms with Crippen LogP contribution >= 0.6 is 7.28 Å². The summed E-state index contributed by atoms with van der Waals surface area (Å²) in [6.45, 7) is 8.60. The predicted octanol–water partition coefficient (Wildman–Crippen LogP) is 4.56. The van der Waals surface area contributed by atoms with Crippen LogP contribution in [0.5, 0.6) is 0 Å². The summed E-state index contributed by atoms with van der Waals surface area (Å²) in [4.78, 5) is 0. The smallest absolute Gasteiger partial charge is 0.336 e. The van der Waals surface area contributed by atoms with Crippen molar-refractivity contribution in [3.63, 3.8) is 0 Å². The van der Waals surface area contributed by atoms with Gasteiger partial charge in [0.1, 0.15) is 6.61 Å². The van der Waals surface area contributed by atoms with Crippen LogP contribution in [0, 0.1) is 0 Å². The van der Waals surface area contributed by atoms with Gasteiger partial charge in [0.25, 0.3) is 0 Å². The fourth-order valence-electron chi connectivity index (χ4n) is 1.32. The average molecular weight is 275 g/mol. The van der Waals surface area contributed by atoms with Crippen molar-refractivity contribution in [3.05, 3.63) is 0 Å². The van der Waals surface area contributed by atoms with Crippen molar-refractivity contribution in [1.29, 1.82) is 0 Å². The Morgan fingerprint density at radius 1 is 1.12 bits per heavy atom. The molecule has 0 unspecified atom stereocenters. The zero-order valence-electron chi connectivity index (χ0n) is 10.6. The summed E-state index contributed by atoms with van der Waals surface area (Å²) in [5, 5.41) is 0. The van der Waals surface area contributed by atoms with Crippen LogP contribution in [0.1, 0.15) is 13.8 Å². The van der Waals surface area contributed by atoms with Crippen molar-refractivity contribution in [2.75, 3.05) is 18.9 Å². The molecule has 0 aromatic rings. The van der Waals surface area contributed by atoms with Gasteiger partial charge >= 0.3 is 6.18 Å². The van der Waals surface area contributed by atoms with Gasteiger partial charge in [0.15, 0.2) is 8.24 Å². The molecular formula is C9H21F3NOPSi. The molecule has 0 aromatic heterocycles. The van der Waals surface area contributed by atoms with Crippen molar-refractivity contribution >= 4 is 15.5 Å². The summed E-state index contributed by atoms with van der Waals surface area (Å²) in [6, 6.07) is 0. The molecule has 0 amide bonds. The molecule has 0 rings (SSSR count). The molecule has 2 nitrogen and oxygen atoms in total. The molecule has 0 N–H and O–H groups in total. The second-order valence-electron chi connectivity index (χ2n) is 4.64. The summed E-state index contributed by atoms with van der Waals surface area (Å²) in [5.41, 5.74) is 0. The summed E-state index contributed by atoms with van der Waals surface area (Å²) < 4.78 is 46.2. The molecule has 0 fully saturated rings. The SMILES string of the molecule is CCP(CC)(=N[Si](C)(C)C)OCC(F)(F)F. The largest absolute Gasteiger partial charge is 0.412 e. The molecule has 0 saturated carbocycles. The van der Waals surface area contributed by atoms with Crippen molar-refractivity contribution in [2.24, 2.45) is 4.41 Å². The van der Waals surface area contributed by atoms with E-state index in [1.807, 2.05) is 33.5 Å². The van der Waals surface area contributed by atoms with Crippen molar-refractivity contribution in [2.45, 2.75) is 39.7 Å². The van der Waals surface area contributed by atoms with Crippen molar-refractivity contribution in [1.82, 2.24) is 0 Å². The third-order valence-electron chi connectivity index (χ3n) is 1.94. The standard InChI is InChI=1S/C9H21F3NOPSi/c1-6-15(7-2,13-16(3,4)5)14-8-9(10,11)12/h6-8H2,1-5H3. The lowest BCUT2D eigenvalue weighted by atomic mass is 10.7. The van der Waals surface area contributed by atoms with Gasteiger partial charge in [-0.2, -0.15) is 13.2 Å². The van der Waals surface area contributed by atoms with E-state index in [1.165, 1.54) is 0 Å². The monoisotopic (exact) mass is 275 g/mol. The maximum atomic E-state index is 12.2. The first kappa shape index (κ1) is 16.2. The second-order valence-corrected chi connectivity index (χ2v) is 13.0. The Labute approximate surface area is 96.8 Å². The van der Waals surface area contributed by atoms with Crippen LogP contribution in [-0.2, 0) is 4.52 Å². The van der Waals surface area contributed by atoms with Gasteiger partial charge in [0.05, 0.1) is 7.28 Å². The maximum Gasteiger partial charge on any atom is 0.412 e. The number of hydrogen-bond donors (Lipinski definition) is 0. The molecule has 0 aliphatic heterocycles. The Kier molecular flexibility index (Phi) is 5.76. The first-order valence-electron chi connectivity index (χ1n) is 5.36. The molecule has 98 valence electrons. The van der Waals surface area contributed by atoms with E-state index in [0.717, 1.165) is 0 Å². The van der Waals surface area contributed by atoms with E-state index >= 15 is 0 Å². The van der Waals surface area contributed by atoms with Gasteiger partial charge in [0, 0.05) is 12.3 Å². The van der Waals surface area contributed by atoms with Crippen LogP contribution in [0.2, 0.25) is 19.6 Å². The summed E-state index contributed by atoms with van der Waals surface area (Å²) in [5.74, 6) is 0. The Morgan fingerprint density at radius 2 is 1.56 bits per heavy atom. The summed E-state index contributed by atoms with van der Waals surface area (Å²) in [7, 11) is -3.96. The Bertz CT molecular complexity index is 265. The van der Waals surface area contributed by atoms with Gasteiger partial charge in [-0.15, -0.1) is 0 Å². The minimum atomic E-state index is -4.26. The van der Waals surface area contributed by atoms with E-state index in [1.54, 1.807) is 0 Å². The zero-order chi connectivity index (χ0) is 13.0. The maximum absolute atomic E-state index is 12.2. The van der Waals surface area contributed by atoms with E-state index in [2.05, 4.69) is 4.41 Å². The minimum Gasteiger partial charge on any atom is -0.336 e. The van der Waals surface area contributed by atoms with E-state index in [9.17, 15) is 13.2 Å². The predicted molar refractivity (Wildman–Crippen MR) is 65.8 cm³/mol. The average Bonchev–Trinajstić information content (AvgIpc) is 2.09. The van der Waals surface area contributed by atoms with E-state index < -0.39 is 28.3 Å². The van der Waals surface area contributed by atoms with Crippen LogP contribution in [0.3, 0.4) is 0 Å². The molecule has 0 aliphatic rings. The Hall–Kier alpha value is 0.197. The quantitative estimate of drug-likeness (QED) is 0.532. The topological polar surface area (TPSA) is 21.6 Å². The third kappa shape index (κ3) is 6.71. The van der Waals surface area contributed by atoms with Crippen molar-refractivity contribution in [3.8, 4) is 0 Å². The zero-order valence-corrected chi connectivity index (χ0v) is 12.5. The minimum absolute atomic E-state index is 0.587. The highest BCUT2D eigenvalue weighted by molar-refractivity contribution is 7.62. The molecule has 0 heterocycles. The van der Waals surface area contributed by atoms with Gasteiger partial charge < -0.3 is 8.93 Å². The van der Waals surface area contributed by atoms with Crippen LogP contribution in [0.4, 0.5) is 13.2 Å². The third-order valence-corrected chi connectivity index (χ3v) is 8.38. The Morgan fingerprint density at radius 3 is 1.81 bits per heavy atom. The van der Waals surface area contributed by atoms with Gasteiger partial charge in [-0.3, -0.25) is 0 Å². The van der Waals surface area contributed by atoms with E-state index in [0.29, 0.717) is 12.3 Å². The highest BCUT2D eigenvalue weighted by Gasteiger charge is 2.32. The van der Waals surface area contributed by atoms with Gasteiger partial charge in [-0.1, -0.05) is 13.8 Å². The first-order valence-corrected chi connectivity index (χ1v) is 10.8.